The molecule has 0 aliphatic rings. The SMILES string of the molecule is Cc1ccc2nc(/C(Cl)=C/c3ccc(Cl)c(Cl)c3)cc(=O)n2c1. The van der Waals surface area contributed by atoms with Gasteiger partial charge in [0, 0.05) is 12.3 Å². The van der Waals surface area contributed by atoms with E-state index in [0.29, 0.717) is 26.4 Å². The van der Waals surface area contributed by atoms with Crippen molar-refractivity contribution in [2.24, 2.45) is 0 Å². The van der Waals surface area contributed by atoms with Gasteiger partial charge >= 0.3 is 0 Å². The summed E-state index contributed by atoms with van der Waals surface area (Å²) in [6, 6.07) is 10.2. The highest BCUT2D eigenvalue weighted by molar-refractivity contribution is 6.51. The van der Waals surface area contributed by atoms with Gasteiger partial charge in [-0.2, -0.15) is 0 Å². The van der Waals surface area contributed by atoms with Crippen LogP contribution in [0.25, 0.3) is 16.8 Å². The molecule has 3 nitrogen and oxygen atoms in total. The van der Waals surface area contributed by atoms with Crippen molar-refractivity contribution in [3.63, 3.8) is 0 Å². The molecular formula is C17H11Cl3N2O. The molecule has 6 heteroatoms. The zero-order valence-electron chi connectivity index (χ0n) is 12.1. The van der Waals surface area contributed by atoms with Gasteiger partial charge in [0.2, 0.25) is 0 Å². The summed E-state index contributed by atoms with van der Waals surface area (Å²) in [6.07, 6.45) is 3.43. The Morgan fingerprint density at radius 3 is 2.65 bits per heavy atom. The minimum absolute atomic E-state index is 0.186. The largest absolute Gasteiger partial charge is 0.269 e. The molecule has 1 aromatic carbocycles. The molecule has 0 radical (unpaired) electrons. The van der Waals surface area contributed by atoms with Crippen molar-refractivity contribution in [2.75, 3.05) is 0 Å². The number of aromatic nitrogens is 2. The topological polar surface area (TPSA) is 34.4 Å². The van der Waals surface area contributed by atoms with Crippen LogP contribution in [0.3, 0.4) is 0 Å². The van der Waals surface area contributed by atoms with E-state index in [4.69, 9.17) is 34.8 Å². The monoisotopic (exact) mass is 364 g/mol. The lowest BCUT2D eigenvalue weighted by atomic mass is 10.2. The van der Waals surface area contributed by atoms with Crippen molar-refractivity contribution in [3.05, 3.63) is 79.8 Å². The fourth-order valence-electron chi connectivity index (χ4n) is 2.15. The lowest BCUT2D eigenvalue weighted by Gasteiger charge is -2.05. The van der Waals surface area contributed by atoms with Crippen molar-refractivity contribution >= 4 is 51.6 Å². The first-order chi connectivity index (χ1) is 10.9. The highest BCUT2D eigenvalue weighted by Crippen LogP contribution is 2.26. The van der Waals surface area contributed by atoms with Gasteiger partial charge in [0.25, 0.3) is 5.56 Å². The van der Waals surface area contributed by atoms with Gasteiger partial charge in [0.1, 0.15) is 5.65 Å². The fraction of sp³-hybridized carbons (Fsp3) is 0.0588. The Morgan fingerprint density at radius 1 is 1.13 bits per heavy atom. The molecule has 0 unspecified atom stereocenters. The zero-order chi connectivity index (χ0) is 16.6. The number of fused-ring (bicyclic) bond motifs is 1. The quantitative estimate of drug-likeness (QED) is 0.637. The normalized spacial score (nSPS) is 11.9. The number of halogens is 3. The van der Waals surface area contributed by atoms with Crippen LogP contribution in [0.2, 0.25) is 10.0 Å². The standard InChI is InChI=1S/C17H11Cl3N2O/c1-10-2-5-16-21-15(8-17(23)22(16)9-10)14(20)7-11-3-4-12(18)13(19)6-11/h2-9H,1H3/b14-7-. The molecule has 0 fully saturated rings. The Bertz CT molecular complexity index is 993. The Morgan fingerprint density at radius 2 is 1.91 bits per heavy atom. The number of rotatable bonds is 2. The summed E-state index contributed by atoms with van der Waals surface area (Å²) >= 11 is 18.2. The van der Waals surface area contributed by atoms with Gasteiger partial charge in [0.05, 0.1) is 20.8 Å². The highest BCUT2D eigenvalue weighted by atomic mass is 35.5. The van der Waals surface area contributed by atoms with Crippen molar-refractivity contribution in [2.45, 2.75) is 6.92 Å². The first kappa shape index (κ1) is 16.1. The van der Waals surface area contributed by atoms with Crippen molar-refractivity contribution < 1.29 is 0 Å². The third kappa shape index (κ3) is 3.42. The average Bonchev–Trinajstić information content (AvgIpc) is 2.51. The summed E-state index contributed by atoms with van der Waals surface area (Å²) in [4.78, 5) is 16.6. The molecule has 0 spiro atoms. The van der Waals surface area contributed by atoms with E-state index in [9.17, 15) is 4.79 Å². The van der Waals surface area contributed by atoms with E-state index in [1.807, 2.05) is 13.0 Å². The van der Waals surface area contributed by atoms with Crippen LogP contribution in [0.5, 0.6) is 0 Å². The maximum absolute atomic E-state index is 12.2. The lowest BCUT2D eigenvalue weighted by Crippen LogP contribution is -2.15. The fourth-order valence-corrected chi connectivity index (χ4v) is 2.68. The van der Waals surface area contributed by atoms with E-state index in [1.165, 1.54) is 10.5 Å². The molecule has 23 heavy (non-hydrogen) atoms. The minimum atomic E-state index is -0.186. The third-order valence-corrected chi connectivity index (χ3v) is 4.33. The second kappa shape index (κ2) is 6.36. The molecule has 116 valence electrons. The van der Waals surface area contributed by atoms with Crippen LogP contribution in [0, 0.1) is 6.92 Å². The molecule has 0 amide bonds. The van der Waals surface area contributed by atoms with E-state index in [2.05, 4.69) is 4.98 Å². The summed E-state index contributed by atoms with van der Waals surface area (Å²) in [7, 11) is 0. The van der Waals surface area contributed by atoms with Crippen LogP contribution in [0.1, 0.15) is 16.8 Å². The number of benzene rings is 1. The number of nitrogens with zero attached hydrogens (tertiary/aromatic N) is 2. The smallest absolute Gasteiger partial charge is 0.258 e. The molecule has 0 bridgehead atoms. The van der Waals surface area contributed by atoms with E-state index >= 15 is 0 Å². The Labute approximate surface area is 147 Å². The summed E-state index contributed by atoms with van der Waals surface area (Å²) < 4.78 is 1.49. The summed E-state index contributed by atoms with van der Waals surface area (Å²) in [5, 5.41) is 1.26. The molecular weight excluding hydrogens is 355 g/mol. The molecule has 0 aliphatic carbocycles. The summed E-state index contributed by atoms with van der Waals surface area (Å²) in [5.74, 6) is 0. The van der Waals surface area contributed by atoms with Crippen LogP contribution in [-0.2, 0) is 0 Å². The molecule has 0 atom stereocenters. The Kier molecular flexibility index (Phi) is 4.44. The number of hydrogen-bond acceptors (Lipinski definition) is 2. The first-order valence-electron chi connectivity index (χ1n) is 6.77. The summed E-state index contributed by atoms with van der Waals surface area (Å²) in [6.45, 7) is 1.91. The van der Waals surface area contributed by atoms with Gasteiger partial charge in [0.15, 0.2) is 0 Å². The first-order valence-corrected chi connectivity index (χ1v) is 7.90. The minimum Gasteiger partial charge on any atom is -0.269 e. The molecule has 3 aromatic rings. The van der Waals surface area contributed by atoms with Crippen LogP contribution in [0.4, 0.5) is 0 Å². The van der Waals surface area contributed by atoms with Crippen LogP contribution < -0.4 is 5.56 Å². The molecule has 3 rings (SSSR count). The maximum atomic E-state index is 12.2. The van der Waals surface area contributed by atoms with Crippen molar-refractivity contribution in [1.82, 2.24) is 9.38 Å². The molecule has 2 aromatic heterocycles. The van der Waals surface area contributed by atoms with Gasteiger partial charge in [-0.15, -0.1) is 0 Å². The van der Waals surface area contributed by atoms with Crippen LogP contribution in [-0.4, -0.2) is 9.38 Å². The number of aryl methyl sites for hydroxylation is 1. The molecule has 0 aliphatic heterocycles. The van der Waals surface area contributed by atoms with Gasteiger partial charge in [-0.25, -0.2) is 4.98 Å². The Balaban J connectivity index is 2.08. The molecule has 0 saturated carbocycles. The van der Waals surface area contributed by atoms with E-state index in [1.54, 1.807) is 36.5 Å². The number of pyridine rings is 1. The predicted octanol–water partition coefficient (Wildman–Crippen LogP) is 5.05. The maximum Gasteiger partial charge on any atom is 0.258 e. The van der Waals surface area contributed by atoms with Crippen LogP contribution >= 0.6 is 34.8 Å². The molecule has 0 saturated heterocycles. The van der Waals surface area contributed by atoms with E-state index in [-0.39, 0.29) is 5.56 Å². The second-order valence-electron chi connectivity index (χ2n) is 5.08. The summed E-state index contributed by atoms with van der Waals surface area (Å²) in [5.41, 5.74) is 2.52. The van der Waals surface area contributed by atoms with Crippen molar-refractivity contribution in [1.29, 1.82) is 0 Å². The van der Waals surface area contributed by atoms with E-state index in [0.717, 1.165) is 11.1 Å². The second-order valence-corrected chi connectivity index (χ2v) is 6.30. The van der Waals surface area contributed by atoms with Crippen molar-refractivity contribution in [3.8, 4) is 0 Å². The van der Waals surface area contributed by atoms with Gasteiger partial charge < -0.3 is 0 Å². The average molecular weight is 366 g/mol. The number of hydrogen-bond donors (Lipinski definition) is 0. The zero-order valence-corrected chi connectivity index (χ0v) is 14.3. The van der Waals surface area contributed by atoms with Crippen LogP contribution in [0.15, 0.2) is 47.4 Å². The lowest BCUT2D eigenvalue weighted by molar-refractivity contribution is 1.02. The highest BCUT2D eigenvalue weighted by Gasteiger charge is 2.07. The Hall–Kier alpha value is -1.81. The van der Waals surface area contributed by atoms with E-state index < -0.39 is 0 Å². The van der Waals surface area contributed by atoms with Gasteiger partial charge in [-0.3, -0.25) is 9.20 Å². The van der Waals surface area contributed by atoms with Gasteiger partial charge in [-0.1, -0.05) is 46.9 Å². The molecule has 0 N–H and O–H groups in total. The molecule has 2 heterocycles. The van der Waals surface area contributed by atoms with Gasteiger partial charge in [-0.05, 0) is 42.3 Å². The third-order valence-electron chi connectivity index (χ3n) is 3.29. The predicted molar refractivity (Wildman–Crippen MR) is 96.4 cm³/mol.